The Morgan fingerprint density at radius 1 is 1.33 bits per heavy atom. The minimum absolute atomic E-state index is 0.112. The van der Waals surface area contributed by atoms with Crippen molar-refractivity contribution in [2.45, 2.75) is 51.7 Å². The van der Waals surface area contributed by atoms with Gasteiger partial charge >= 0.3 is 5.97 Å². The zero-order valence-corrected chi connectivity index (χ0v) is 14.7. The van der Waals surface area contributed by atoms with Gasteiger partial charge in [0.2, 0.25) is 0 Å². The number of β-amino-alcohol motifs (C(OH)–C–C–N with tert-alkyl or cyclic N) is 1. The van der Waals surface area contributed by atoms with Gasteiger partial charge in [0.25, 0.3) is 0 Å². The molecule has 2 rings (SSSR count). The lowest BCUT2D eigenvalue weighted by molar-refractivity contribution is -0.136. The first kappa shape index (κ1) is 18.9. The first-order chi connectivity index (χ1) is 11.5. The molecule has 0 radical (unpaired) electrons. The molecule has 1 fully saturated rings. The zero-order chi connectivity index (χ0) is 17.5. The van der Waals surface area contributed by atoms with E-state index in [9.17, 15) is 9.90 Å². The van der Waals surface area contributed by atoms with Gasteiger partial charge < -0.3 is 19.8 Å². The van der Waals surface area contributed by atoms with Crippen LogP contribution in [0.25, 0.3) is 0 Å². The van der Waals surface area contributed by atoms with Crippen molar-refractivity contribution in [3.8, 4) is 0 Å². The van der Waals surface area contributed by atoms with Gasteiger partial charge in [-0.05, 0) is 57.3 Å². The van der Waals surface area contributed by atoms with E-state index in [0.29, 0.717) is 19.6 Å². The molecule has 1 aromatic carbocycles. The van der Waals surface area contributed by atoms with Gasteiger partial charge in [0.05, 0.1) is 18.8 Å². The van der Waals surface area contributed by atoms with Crippen LogP contribution >= 0.6 is 0 Å². The summed E-state index contributed by atoms with van der Waals surface area (Å²) in [5, 5.41) is 19.1. The molecule has 5 heteroatoms. The van der Waals surface area contributed by atoms with E-state index in [1.165, 1.54) is 12.8 Å². The van der Waals surface area contributed by atoms with Crippen molar-refractivity contribution in [1.82, 2.24) is 4.90 Å². The van der Waals surface area contributed by atoms with Crippen LogP contribution in [0.2, 0.25) is 0 Å². The predicted octanol–water partition coefficient (Wildman–Crippen LogP) is 2.55. The minimum atomic E-state index is -0.794. The molecule has 0 amide bonds. The Hall–Kier alpha value is -1.43. The van der Waals surface area contributed by atoms with Crippen molar-refractivity contribution in [3.05, 3.63) is 34.9 Å². The molecule has 2 unspecified atom stereocenters. The fourth-order valence-corrected chi connectivity index (χ4v) is 3.25. The summed E-state index contributed by atoms with van der Waals surface area (Å²) in [6.07, 6.45) is 2.37. The summed E-state index contributed by atoms with van der Waals surface area (Å²) in [6, 6.07) is 6.04. The molecule has 0 saturated carbocycles. The minimum Gasteiger partial charge on any atom is -0.481 e. The third kappa shape index (κ3) is 5.89. The number of ether oxygens (including phenoxy) is 1. The fourth-order valence-electron chi connectivity index (χ4n) is 3.25. The lowest BCUT2D eigenvalue weighted by atomic mass is 9.97. The van der Waals surface area contributed by atoms with E-state index in [1.807, 2.05) is 32.0 Å². The number of aliphatic hydroxyl groups is 1. The Kier molecular flexibility index (Phi) is 7.21. The molecule has 2 N–H and O–H groups in total. The number of rotatable bonds is 9. The van der Waals surface area contributed by atoms with E-state index in [0.717, 1.165) is 29.8 Å². The van der Waals surface area contributed by atoms with Gasteiger partial charge in [-0.15, -0.1) is 0 Å². The second-order valence-electron chi connectivity index (χ2n) is 6.73. The topological polar surface area (TPSA) is 70.0 Å². The fraction of sp³-hybridized carbons (Fsp3) is 0.632. The molecule has 0 aromatic heterocycles. The quantitative estimate of drug-likeness (QED) is 0.726. The van der Waals surface area contributed by atoms with E-state index in [-0.39, 0.29) is 12.5 Å². The van der Waals surface area contributed by atoms with Gasteiger partial charge in [-0.25, -0.2) is 0 Å². The Bertz CT molecular complexity index is 540. The van der Waals surface area contributed by atoms with Crippen LogP contribution < -0.4 is 0 Å². The average molecular weight is 335 g/mol. The second kappa shape index (κ2) is 9.16. The summed E-state index contributed by atoms with van der Waals surface area (Å²) in [5.41, 5.74) is 3.13. The van der Waals surface area contributed by atoms with E-state index in [2.05, 4.69) is 4.90 Å². The Labute approximate surface area is 144 Å². The first-order valence-electron chi connectivity index (χ1n) is 8.79. The molecule has 1 aliphatic rings. The maximum absolute atomic E-state index is 10.8. The van der Waals surface area contributed by atoms with Gasteiger partial charge in [-0.2, -0.15) is 0 Å². The summed E-state index contributed by atoms with van der Waals surface area (Å²) in [4.78, 5) is 13.1. The maximum atomic E-state index is 10.8. The number of hydrogen-bond acceptors (Lipinski definition) is 4. The van der Waals surface area contributed by atoms with Gasteiger partial charge in [0.1, 0.15) is 0 Å². The largest absolute Gasteiger partial charge is 0.481 e. The highest BCUT2D eigenvalue weighted by atomic mass is 16.5. The Balaban J connectivity index is 1.90. The van der Waals surface area contributed by atoms with Crippen LogP contribution in [0.1, 0.15) is 49.0 Å². The third-order valence-electron chi connectivity index (χ3n) is 4.55. The number of hydrogen-bond donors (Lipinski definition) is 2. The summed E-state index contributed by atoms with van der Waals surface area (Å²) in [7, 11) is 0. The third-order valence-corrected chi connectivity index (χ3v) is 4.55. The van der Waals surface area contributed by atoms with Crippen LogP contribution in [0.4, 0.5) is 0 Å². The molecule has 2 atom stereocenters. The number of benzene rings is 1. The standard InChI is InChI=1S/C19H29NO4/c1-14-5-7-18(16(11-14)6-8-19(22)23)15(2)24-13-17(21)12-20-9-3-4-10-20/h5,7,11,15,17,21H,3-4,6,8-10,12-13H2,1-2H3,(H,22,23). The van der Waals surface area contributed by atoms with Crippen LogP contribution in [-0.2, 0) is 16.0 Å². The monoisotopic (exact) mass is 335 g/mol. The normalized spacial score (nSPS) is 17.8. The number of aryl methyl sites for hydroxylation is 2. The maximum Gasteiger partial charge on any atom is 0.303 e. The average Bonchev–Trinajstić information content (AvgIpc) is 3.03. The van der Waals surface area contributed by atoms with Crippen LogP contribution in [0.3, 0.4) is 0 Å². The second-order valence-corrected chi connectivity index (χ2v) is 6.73. The van der Waals surface area contributed by atoms with Gasteiger partial charge in [0.15, 0.2) is 0 Å². The van der Waals surface area contributed by atoms with E-state index < -0.39 is 12.1 Å². The lowest BCUT2D eigenvalue weighted by Gasteiger charge is -2.22. The summed E-state index contributed by atoms with van der Waals surface area (Å²) in [6.45, 7) is 7.03. The van der Waals surface area contributed by atoms with Crippen molar-refractivity contribution in [2.24, 2.45) is 0 Å². The molecular formula is C19H29NO4. The molecule has 0 spiro atoms. The molecule has 5 nitrogen and oxygen atoms in total. The van der Waals surface area contributed by atoms with E-state index in [1.54, 1.807) is 0 Å². The van der Waals surface area contributed by atoms with Gasteiger partial charge in [-0.1, -0.05) is 23.8 Å². The smallest absolute Gasteiger partial charge is 0.303 e. The van der Waals surface area contributed by atoms with Crippen molar-refractivity contribution < 1.29 is 19.7 Å². The summed E-state index contributed by atoms with van der Waals surface area (Å²) < 4.78 is 5.86. The number of carboxylic acid groups (broad SMARTS) is 1. The lowest BCUT2D eigenvalue weighted by Crippen LogP contribution is -2.33. The highest BCUT2D eigenvalue weighted by Gasteiger charge is 2.18. The van der Waals surface area contributed by atoms with Crippen LogP contribution in [-0.4, -0.2) is 53.4 Å². The number of carbonyl (C=O) groups is 1. The molecule has 24 heavy (non-hydrogen) atoms. The van der Waals surface area contributed by atoms with E-state index >= 15 is 0 Å². The van der Waals surface area contributed by atoms with E-state index in [4.69, 9.17) is 9.84 Å². The molecule has 134 valence electrons. The summed E-state index contributed by atoms with van der Waals surface area (Å²) >= 11 is 0. The number of aliphatic hydroxyl groups excluding tert-OH is 1. The van der Waals surface area contributed by atoms with Crippen LogP contribution in [0.5, 0.6) is 0 Å². The number of likely N-dealkylation sites (tertiary alicyclic amines) is 1. The highest BCUT2D eigenvalue weighted by molar-refractivity contribution is 5.67. The zero-order valence-electron chi connectivity index (χ0n) is 14.7. The SMILES string of the molecule is Cc1ccc(C(C)OCC(O)CN2CCCC2)c(CCC(=O)O)c1. The molecular weight excluding hydrogens is 306 g/mol. The molecule has 1 aliphatic heterocycles. The van der Waals surface area contributed by atoms with Crippen molar-refractivity contribution >= 4 is 5.97 Å². The van der Waals surface area contributed by atoms with Crippen molar-refractivity contribution in [2.75, 3.05) is 26.2 Å². The van der Waals surface area contributed by atoms with Crippen LogP contribution in [0.15, 0.2) is 18.2 Å². The first-order valence-corrected chi connectivity index (χ1v) is 8.79. The van der Waals surface area contributed by atoms with Crippen LogP contribution in [0, 0.1) is 6.92 Å². The molecule has 0 aliphatic carbocycles. The molecule has 1 heterocycles. The van der Waals surface area contributed by atoms with Gasteiger partial charge in [-0.3, -0.25) is 4.79 Å². The van der Waals surface area contributed by atoms with Gasteiger partial charge in [0, 0.05) is 13.0 Å². The Morgan fingerprint density at radius 3 is 2.71 bits per heavy atom. The Morgan fingerprint density at radius 2 is 2.04 bits per heavy atom. The highest BCUT2D eigenvalue weighted by Crippen LogP contribution is 2.24. The molecule has 1 aromatic rings. The number of aliphatic carboxylic acids is 1. The van der Waals surface area contributed by atoms with Crippen molar-refractivity contribution in [1.29, 1.82) is 0 Å². The number of carboxylic acids is 1. The van der Waals surface area contributed by atoms with Crippen molar-refractivity contribution in [3.63, 3.8) is 0 Å². The predicted molar refractivity (Wildman–Crippen MR) is 93.2 cm³/mol. The summed E-state index contributed by atoms with van der Waals surface area (Å²) in [5.74, 6) is -0.794. The molecule has 1 saturated heterocycles. The number of nitrogens with zero attached hydrogens (tertiary/aromatic N) is 1. The molecule has 0 bridgehead atoms.